The maximum Gasteiger partial charge on any atom is 0.228 e. The zero-order valence-corrected chi connectivity index (χ0v) is 13.5. The summed E-state index contributed by atoms with van der Waals surface area (Å²) >= 11 is 0. The van der Waals surface area contributed by atoms with Gasteiger partial charge in [0.25, 0.3) is 0 Å². The van der Waals surface area contributed by atoms with Crippen LogP contribution in [0.15, 0.2) is 95.4 Å². The summed E-state index contributed by atoms with van der Waals surface area (Å²) in [5.41, 5.74) is 5.40. The summed E-state index contributed by atoms with van der Waals surface area (Å²) in [5.74, 6) is 1.51. The Balaban J connectivity index is 1.88. The topological polar surface area (TPSA) is 26.0 Å². The first kappa shape index (κ1) is 14.0. The summed E-state index contributed by atoms with van der Waals surface area (Å²) in [7, 11) is 0. The van der Waals surface area contributed by atoms with Crippen LogP contribution in [0.3, 0.4) is 0 Å². The van der Waals surface area contributed by atoms with Crippen LogP contribution < -0.4 is 0 Å². The zero-order valence-electron chi connectivity index (χ0n) is 13.5. The first-order valence-electron chi connectivity index (χ1n) is 8.33. The molecule has 0 aromatic heterocycles. The highest BCUT2D eigenvalue weighted by molar-refractivity contribution is 6.03. The normalized spacial score (nSPS) is 11.2. The van der Waals surface area contributed by atoms with Crippen LogP contribution in [0.4, 0.5) is 0 Å². The number of aromatic nitrogens is 1. The fourth-order valence-electron chi connectivity index (χ4n) is 3.32. The van der Waals surface area contributed by atoms with Gasteiger partial charge in [0, 0.05) is 10.9 Å². The molecule has 2 heterocycles. The van der Waals surface area contributed by atoms with Gasteiger partial charge in [-0.3, -0.25) is 0 Å². The molecule has 0 fully saturated rings. The molecule has 118 valence electrons. The average molecular weight is 321 g/mol. The van der Waals surface area contributed by atoms with Crippen molar-refractivity contribution in [2.24, 2.45) is 0 Å². The number of hydrogen-bond donors (Lipinski definition) is 0. The summed E-state index contributed by atoms with van der Waals surface area (Å²) in [6, 6.07) is 30.9. The Morgan fingerprint density at radius 2 is 1.28 bits per heavy atom. The van der Waals surface area contributed by atoms with Crippen molar-refractivity contribution in [3.63, 3.8) is 0 Å². The second-order valence-corrected chi connectivity index (χ2v) is 6.07. The predicted octanol–water partition coefficient (Wildman–Crippen LogP) is 6.27. The SMILES string of the molecule is c1ccc(-c2cc(-c3ccccc3)c3c4ccccc4nc-3o2)cc1. The minimum Gasteiger partial charge on any atom is -0.438 e. The van der Waals surface area contributed by atoms with Gasteiger partial charge in [0.2, 0.25) is 5.89 Å². The Morgan fingerprint density at radius 3 is 2.04 bits per heavy atom. The maximum absolute atomic E-state index is 6.18. The van der Waals surface area contributed by atoms with E-state index in [-0.39, 0.29) is 0 Å². The molecule has 0 N–H and O–H groups in total. The van der Waals surface area contributed by atoms with Crippen molar-refractivity contribution in [1.82, 2.24) is 4.98 Å². The highest BCUT2D eigenvalue weighted by Gasteiger charge is 2.21. The first-order chi connectivity index (χ1) is 12.4. The summed E-state index contributed by atoms with van der Waals surface area (Å²) in [6.45, 7) is 0. The van der Waals surface area contributed by atoms with E-state index >= 15 is 0 Å². The van der Waals surface area contributed by atoms with E-state index in [0.717, 1.165) is 33.4 Å². The Labute approximate surface area is 145 Å². The zero-order chi connectivity index (χ0) is 16.6. The van der Waals surface area contributed by atoms with Gasteiger partial charge in [-0.15, -0.1) is 0 Å². The van der Waals surface area contributed by atoms with Crippen LogP contribution in [-0.4, -0.2) is 4.98 Å². The van der Waals surface area contributed by atoms with E-state index in [0.29, 0.717) is 5.89 Å². The quantitative estimate of drug-likeness (QED) is 0.383. The molecule has 2 aliphatic heterocycles. The molecule has 0 amide bonds. The number of benzene rings is 3. The molecular formula is C23H15NO. The third kappa shape index (κ3) is 2.31. The minimum atomic E-state index is 0.682. The summed E-state index contributed by atoms with van der Waals surface area (Å²) in [5, 5.41) is 1.12. The standard InChI is InChI=1S/C23H15NO/c1-3-9-16(10-4-1)19-15-21(17-11-5-2-6-12-17)25-23-22(19)18-13-7-8-14-20(18)24-23/h1-15H. The highest BCUT2D eigenvalue weighted by Crippen LogP contribution is 2.42. The van der Waals surface area contributed by atoms with Gasteiger partial charge in [-0.25, -0.2) is 4.98 Å². The molecule has 25 heavy (non-hydrogen) atoms. The van der Waals surface area contributed by atoms with Gasteiger partial charge < -0.3 is 4.42 Å². The molecule has 2 heteroatoms. The van der Waals surface area contributed by atoms with Crippen LogP contribution in [0.1, 0.15) is 0 Å². The molecular weight excluding hydrogens is 306 g/mol. The van der Waals surface area contributed by atoms with E-state index in [2.05, 4.69) is 48.5 Å². The van der Waals surface area contributed by atoms with Crippen LogP contribution >= 0.6 is 0 Å². The van der Waals surface area contributed by atoms with Crippen LogP contribution in [0.2, 0.25) is 0 Å². The molecule has 3 aromatic rings. The van der Waals surface area contributed by atoms with Crippen LogP contribution in [0, 0.1) is 0 Å². The van der Waals surface area contributed by atoms with E-state index in [1.165, 1.54) is 5.56 Å². The third-order valence-corrected chi connectivity index (χ3v) is 4.50. The van der Waals surface area contributed by atoms with E-state index in [9.17, 15) is 0 Å². The van der Waals surface area contributed by atoms with Crippen molar-refractivity contribution in [3.05, 3.63) is 91.0 Å². The maximum atomic E-state index is 6.18. The van der Waals surface area contributed by atoms with Crippen molar-refractivity contribution in [2.45, 2.75) is 0 Å². The Morgan fingerprint density at radius 1 is 0.640 bits per heavy atom. The number of nitrogens with zero attached hydrogens (tertiary/aromatic N) is 1. The third-order valence-electron chi connectivity index (χ3n) is 4.50. The fourth-order valence-corrected chi connectivity index (χ4v) is 3.32. The van der Waals surface area contributed by atoms with Crippen molar-refractivity contribution in [2.75, 3.05) is 0 Å². The summed E-state index contributed by atoms with van der Waals surface area (Å²) < 4.78 is 6.18. The lowest BCUT2D eigenvalue weighted by Gasteiger charge is -2.11. The van der Waals surface area contributed by atoms with Gasteiger partial charge in [0.05, 0.1) is 11.1 Å². The lowest BCUT2D eigenvalue weighted by Crippen LogP contribution is -1.88. The second-order valence-electron chi connectivity index (χ2n) is 6.07. The van der Waals surface area contributed by atoms with E-state index in [1.807, 2.05) is 42.5 Å². The first-order valence-corrected chi connectivity index (χ1v) is 8.33. The van der Waals surface area contributed by atoms with Crippen molar-refractivity contribution >= 4 is 10.9 Å². The van der Waals surface area contributed by atoms with Gasteiger partial charge in [-0.1, -0.05) is 78.9 Å². The second kappa shape index (κ2) is 5.60. The molecule has 0 spiro atoms. The molecule has 0 unspecified atom stereocenters. The average Bonchev–Trinajstić information content (AvgIpc) is 3.07. The molecule has 0 radical (unpaired) electrons. The van der Waals surface area contributed by atoms with E-state index in [4.69, 9.17) is 9.40 Å². The number of fused-ring (bicyclic) bond motifs is 3. The lowest BCUT2D eigenvalue weighted by molar-refractivity contribution is 0.569. The smallest absolute Gasteiger partial charge is 0.228 e. The van der Waals surface area contributed by atoms with Gasteiger partial charge in [-0.05, 0) is 23.3 Å². The summed E-state index contributed by atoms with van der Waals surface area (Å²) in [4.78, 5) is 4.72. The molecule has 2 aliphatic rings. The van der Waals surface area contributed by atoms with Crippen LogP contribution in [0.5, 0.6) is 0 Å². The Bertz CT molecular complexity index is 1130. The van der Waals surface area contributed by atoms with Crippen LogP contribution in [-0.2, 0) is 0 Å². The lowest BCUT2D eigenvalue weighted by atomic mass is 9.97. The van der Waals surface area contributed by atoms with E-state index in [1.54, 1.807) is 0 Å². The van der Waals surface area contributed by atoms with Crippen molar-refractivity contribution in [3.8, 4) is 33.9 Å². The van der Waals surface area contributed by atoms with Gasteiger partial charge in [-0.2, -0.15) is 0 Å². The molecule has 0 saturated heterocycles. The van der Waals surface area contributed by atoms with Crippen LogP contribution in [0.25, 0.3) is 44.8 Å². The van der Waals surface area contributed by atoms with Gasteiger partial charge >= 0.3 is 0 Å². The Kier molecular flexibility index (Phi) is 3.14. The summed E-state index contributed by atoms with van der Waals surface area (Å²) in [6.07, 6.45) is 0. The molecule has 0 aliphatic carbocycles. The van der Waals surface area contributed by atoms with Crippen molar-refractivity contribution in [1.29, 1.82) is 0 Å². The van der Waals surface area contributed by atoms with Gasteiger partial charge in [0.1, 0.15) is 5.76 Å². The number of rotatable bonds is 2. The fraction of sp³-hybridized carbons (Fsp3) is 0. The molecule has 0 bridgehead atoms. The van der Waals surface area contributed by atoms with E-state index < -0.39 is 0 Å². The Hall–Kier alpha value is -3.39. The van der Waals surface area contributed by atoms with Gasteiger partial charge in [0.15, 0.2) is 0 Å². The molecule has 3 aromatic carbocycles. The predicted molar refractivity (Wildman–Crippen MR) is 102 cm³/mol. The number of hydrogen-bond acceptors (Lipinski definition) is 2. The largest absolute Gasteiger partial charge is 0.438 e. The molecule has 0 atom stereocenters. The minimum absolute atomic E-state index is 0.682. The molecule has 5 rings (SSSR count). The number of para-hydroxylation sites is 1. The van der Waals surface area contributed by atoms with Crippen molar-refractivity contribution < 1.29 is 4.42 Å². The molecule has 2 nitrogen and oxygen atoms in total. The monoisotopic (exact) mass is 321 g/mol. The molecule has 0 saturated carbocycles. The highest BCUT2D eigenvalue weighted by atomic mass is 16.3.